The molecular formula is C8H8N2. The van der Waals surface area contributed by atoms with Crippen LogP contribution in [0, 0.1) is 13.5 Å². The third kappa shape index (κ3) is 1.56. The molecule has 1 heterocycles. The summed E-state index contributed by atoms with van der Waals surface area (Å²) in [6.07, 6.45) is 1.73. The van der Waals surface area contributed by atoms with E-state index >= 15 is 0 Å². The Hall–Kier alpha value is -1.36. The molecule has 0 bridgehead atoms. The highest BCUT2D eigenvalue weighted by Gasteiger charge is 1.93. The van der Waals surface area contributed by atoms with E-state index in [-0.39, 0.29) is 0 Å². The summed E-state index contributed by atoms with van der Waals surface area (Å²) in [6, 6.07) is 3.79. The first-order chi connectivity index (χ1) is 4.83. The molecule has 0 aliphatic heterocycles. The van der Waals surface area contributed by atoms with Crippen LogP contribution in [0.1, 0.15) is 11.3 Å². The molecule has 0 atom stereocenters. The number of pyridine rings is 1. The SMILES string of the molecule is [C-]#[N+]Cc1ccnc(C)c1. The summed E-state index contributed by atoms with van der Waals surface area (Å²) in [4.78, 5) is 7.29. The minimum atomic E-state index is 0.462. The Balaban J connectivity index is 2.87. The fraction of sp³-hybridized carbons (Fsp3) is 0.250. The molecule has 0 saturated heterocycles. The lowest BCUT2D eigenvalue weighted by molar-refractivity contribution is 1.14. The number of aromatic nitrogens is 1. The highest BCUT2D eigenvalue weighted by Crippen LogP contribution is 2.01. The fourth-order valence-corrected chi connectivity index (χ4v) is 0.794. The number of rotatable bonds is 1. The van der Waals surface area contributed by atoms with Crippen LogP contribution in [0.4, 0.5) is 0 Å². The molecule has 0 N–H and O–H groups in total. The van der Waals surface area contributed by atoms with Crippen molar-refractivity contribution < 1.29 is 0 Å². The first-order valence-corrected chi connectivity index (χ1v) is 3.07. The standard InChI is InChI=1S/C8H8N2/c1-7-5-8(6-9-2)3-4-10-7/h3-5H,6H2,1H3. The zero-order chi connectivity index (χ0) is 7.40. The monoisotopic (exact) mass is 132 g/mol. The third-order valence-electron chi connectivity index (χ3n) is 1.22. The first-order valence-electron chi connectivity index (χ1n) is 3.07. The van der Waals surface area contributed by atoms with Crippen LogP contribution in [0.5, 0.6) is 0 Å². The molecule has 0 amide bonds. The topological polar surface area (TPSA) is 17.2 Å². The Morgan fingerprint density at radius 2 is 2.50 bits per heavy atom. The number of hydrogen-bond donors (Lipinski definition) is 0. The van der Waals surface area contributed by atoms with Crippen molar-refractivity contribution >= 4 is 0 Å². The molecule has 2 nitrogen and oxygen atoms in total. The normalized spacial score (nSPS) is 8.80. The number of aryl methyl sites for hydroxylation is 1. The van der Waals surface area contributed by atoms with Crippen LogP contribution < -0.4 is 0 Å². The largest absolute Gasteiger partial charge is 0.312 e. The molecule has 2 heteroatoms. The van der Waals surface area contributed by atoms with Gasteiger partial charge in [-0.1, -0.05) is 0 Å². The van der Waals surface area contributed by atoms with Crippen molar-refractivity contribution in [1.82, 2.24) is 4.98 Å². The van der Waals surface area contributed by atoms with Gasteiger partial charge in [0.15, 0.2) is 0 Å². The van der Waals surface area contributed by atoms with Crippen molar-refractivity contribution in [3.63, 3.8) is 0 Å². The van der Waals surface area contributed by atoms with Crippen LogP contribution in [0.25, 0.3) is 4.85 Å². The molecule has 0 aromatic carbocycles. The Morgan fingerprint density at radius 3 is 3.10 bits per heavy atom. The summed E-state index contributed by atoms with van der Waals surface area (Å²) in [5.74, 6) is 0. The van der Waals surface area contributed by atoms with Gasteiger partial charge in [-0.05, 0) is 19.1 Å². The highest BCUT2D eigenvalue weighted by atomic mass is 14.7. The summed E-state index contributed by atoms with van der Waals surface area (Å²) in [7, 11) is 0. The van der Waals surface area contributed by atoms with E-state index in [1.807, 2.05) is 19.1 Å². The summed E-state index contributed by atoms with van der Waals surface area (Å²) in [5.41, 5.74) is 2.02. The van der Waals surface area contributed by atoms with Gasteiger partial charge in [-0.15, -0.1) is 0 Å². The van der Waals surface area contributed by atoms with Gasteiger partial charge in [0.1, 0.15) is 0 Å². The second-order valence-corrected chi connectivity index (χ2v) is 2.12. The van der Waals surface area contributed by atoms with Gasteiger partial charge in [0.2, 0.25) is 6.54 Å². The van der Waals surface area contributed by atoms with Crippen LogP contribution in [0.2, 0.25) is 0 Å². The van der Waals surface area contributed by atoms with Gasteiger partial charge < -0.3 is 4.85 Å². The predicted octanol–water partition coefficient (Wildman–Crippen LogP) is 1.81. The number of hydrogen-bond acceptors (Lipinski definition) is 1. The smallest absolute Gasteiger partial charge is 0.239 e. The molecule has 10 heavy (non-hydrogen) atoms. The fourth-order valence-electron chi connectivity index (χ4n) is 0.794. The Kier molecular flexibility index (Phi) is 2.01. The van der Waals surface area contributed by atoms with Crippen molar-refractivity contribution in [3.05, 3.63) is 41.0 Å². The minimum Gasteiger partial charge on any atom is -0.312 e. The van der Waals surface area contributed by atoms with E-state index in [0.29, 0.717) is 6.54 Å². The van der Waals surface area contributed by atoms with Crippen LogP contribution in [0.15, 0.2) is 18.3 Å². The molecule has 0 radical (unpaired) electrons. The Bertz CT molecular complexity index is 260. The zero-order valence-electron chi connectivity index (χ0n) is 5.83. The van der Waals surface area contributed by atoms with E-state index in [1.165, 1.54) is 0 Å². The highest BCUT2D eigenvalue weighted by molar-refractivity contribution is 5.16. The average molecular weight is 132 g/mol. The summed E-state index contributed by atoms with van der Waals surface area (Å²) in [6.45, 7) is 9.00. The molecule has 0 unspecified atom stereocenters. The molecule has 1 aromatic heterocycles. The van der Waals surface area contributed by atoms with E-state index in [9.17, 15) is 0 Å². The second-order valence-electron chi connectivity index (χ2n) is 2.12. The molecule has 50 valence electrons. The van der Waals surface area contributed by atoms with E-state index in [4.69, 9.17) is 6.57 Å². The van der Waals surface area contributed by atoms with Crippen LogP contribution in [-0.2, 0) is 6.54 Å². The zero-order valence-corrected chi connectivity index (χ0v) is 5.83. The molecule has 0 fully saturated rings. The maximum absolute atomic E-state index is 6.62. The molecule has 0 aliphatic carbocycles. The van der Waals surface area contributed by atoms with E-state index in [1.54, 1.807) is 6.20 Å². The maximum atomic E-state index is 6.62. The van der Waals surface area contributed by atoms with Crippen molar-refractivity contribution in [1.29, 1.82) is 0 Å². The summed E-state index contributed by atoms with van der Waals surface area (Å²) in [5, 5.41) is 0. The maximum Gasteiger partial charge on any atom is 0.239 e. The quantitative estimate of drug-likeness (QED) is 0.532. The van der Waals surface area contributed by atoms with Crippen molar-refractivity contribution in [3.8, 4) is 0 Å². The lowest BCUT2D eigenvalue weighted by Crippen LogP contribution is -1.83. The Morgan fingerprint density at radius 1 is 1.70 bits per heavy atom. The van der Waals surface area contributed by atoms with E-state index < -0.39 is 0 Å². The first kappa shape index (κ1) is 6.76. The lowest BCUT2D eigenvalue weighted by Gasteiger charge is -1.91. The van der Waals surface area contributed by atoms with Crippen LogP contribution in [-0.4, -0.2) is 4.98 Å². The third-order valence-corrected chi connectivity index (χ3v) is 1.22. The van der Waals surface area contributed by atoms with Gasteiger partial charge in [0.05, 0.1) is 0 Å². The molecule has 1 rings (SSSR count). The predicted molar refractivity (Wildman–Crippen MR) is 39.3 cm³/mol. The van der Waals surface area contributed by atoms with Gasteiger partial charge >= 0.3 is 0 Å². The average Bonchev–Trinajstić information content (AvgIpc) is 1.88. The van der Waals surface area contributed by atoms with Crippen LogP contribution >= 0.6 is 0 Å². The number of nitrogens with zero attached hydrogens (tertiary/aromatic N) is 2. The van der Waals surface area contributed by atoms with Gasteiger partial charge in [-0.25, -0.2) is 6.57 Å². The van der Waals surface area contributed by atoms with Gasteiger partial charge in [0.25, 0.3) is 0 Å². The lowest BCUT2D eigenvalue weighted by atomic mass is 10.2. The van der Waals surface area contributed by atoms with E-state index in [2.05, 4.69) is 9.83 Å². The summed E-state index contributed by atoms with van der Waals surface area (Å²) < 4.78 is 0. The van der Waals surface area contributed by atoms with Crippen LogP contribution in [0.3, 0.4) is 0 Å². The van der Waals surface area contributed by atoms with Gasteiger partial charge in [0, 0.05) is 17.5 Å². The van der Waals surface area contributed by atoms with Crippen molar-refractivity contribution in [2.75, 3.05) is 0 Å². The van der Waals surface area contributed by atoms with Gasteiger partial charge in [-0.2, -0.15) is 0 Å². The van der Waals surface area contributed by atoms with Gasteiger partial charge in [-0.3, -0.25) is 4.98 Å². The second kappa shape index (κ2) is 2.98. The Labute approximate surface area is 60.3 Å². The molecule has 0 spiro atoms. The van der Waals surface area contributed by atoms with Crippen molar-refractivity contribution in [2.45, 2.75) is 13.5 Å². The summed E-state index contributed by atoms with van der Waals surface area (Å²) >= 11 is 0. The molecule has 0 aliphatic rings. The van der Waals surface area contributed by atoms with Crippen molar-refractivity contribution in [2.24, 2.45) is 0 Å². The molecule has 1 aromatic rings. The van der Waals surface area contributed by atoms with E-state index in [0.717, 1.165) is 11.3 Å². The molecular weight excluding hydrogens is 124 g/mol. The minimum absolute atomic E-state index is 0.462. The molecule has 0 saturated carbocycles.